The minimum atomic E-state index is -0.686. The van der Waals surface area contributed by atoms with Gasteiger partial charge in [-0.25, -0.2) is 0 Å². The molecule has 0 saturated heterocycles. The average Bonchev–Trinajstić information content (AvgIpc) is 3.17. The molecule has 7 nitrogen and oxygen atoms in total. The van der Waals surface area contributed by atoms with Crippen molar-refractivity contribution in [3.8, 4) is 17.2 Å². The summed E-state index contributed by atoms with van der Waals surface area (Å²) >= 11 is 7.28. The second kappa shape index (κ2) is 13.8. The Balaban J connectivity index is 0.00000450. The first kappa shape index (κ1) is 26.6. The van der Waals surface area contributed by atoms with Crippen molar-refractivity contribution in [1.82, 2.24) is 10.6 Å². The monoisotopic (exact) mass is 569 g/mol. The average molecular weight is 570 g/mol. The molecule has 0 amide bonds. The Hall–Kier alpha value is -1.43. The van der Waals surface area contributed by atoms with Crippen LogP contribution in [0.4, 0.5) is 0 Å². The molecule has 30 heavy (non-hydrogen) atoms. The number of guanidine groups is 1. The molecule has 10 heteroatoms. The fraction of sp³-hybridized carbons (Fsp3) is 0.450. The number of halogens is 2. The van der Waals surface area contributed by atoms with Crippen LogP contribution in [0.5, 0.6) is 17.2 Å². The fourth-order valence-electron chi connectivity index (χ4n) is 2.79. The van der Waals surface area contributed by atoms with Crippen LogP contribution in [-0.2, 0) is 6.42 Å². The molecule has 0 aliphatic carbocycles. The van der Waals surface area contributed by atoms with E-state index in [-0.39, 0.29) is 30.5 Å². The van der Waals surface area contributed by atoms with Crippen molar-refractivity contribution >= 4 is 52.9 Å². The molecule has 1 heterocycles. The molecule has 0 fully saturated rings. The molecule has 0 bridgehead atoms. The molecule has 2 rings (SSSR count). The summed E-state index contributed by atoms with van der Waals surface area (Å²) in [6.45, 7) is 3.57. The summed E-state index contributed by atoms with van der Waals surface area (Å²) in [4.78, 5) is 5.26. The number of methoxy groups -OCH3 is 3. The first-order valence-electron chi connectivity index (χ1n) is 9.27. The molecule has 0 spiro atoms. The summed E-state index contributed by atoms with van der Waals surface area (Å²) in [5.41, 5.74) is 0.988. The first-order valence-corrected chi connectivity index (χ1v) is 10.5. The summed E-state index contributed by atoms with van der Waals surface area (Å²) in [5.74, 6) is 2.48. The SMILES string of the molecule is CCNC(=NCC(O)c1ccc(Cl)s1)NCCc1ccc(OC)c(OC)c1OC.I. The predicted molar refractivity (Wildman–Crippen MR) is 133 cm³/mol. The molecular formula is C20H29ClIN3O4S. The van der Waals surface area contributed by atoms with E-state index in [2.05, 4.69) is 15.6 Å². The van der Waals surface area contributed by atoms with Crippen LogP contribution in [0.1, 0.15) is 23.5 Å². The highest BCUT2D eigenvalue weighted by atomic mass is 127. The Labute approximate surface area is 203 Å². The number of aliphatic hydroxyl groups excluding tert-OH is 1. The first-order chi connectivity index (χ1) is 14.0. The van der Waals surface area contributed by atoms with Gasteiger partial charge in [0.2, 0.25) is 5.75 Å². The minimum absolute atomic E-state index is 0. The molecule has 1 aromatic carbocycles. The van der Waals surface area contributed by atoms with Crippen LogP contribution in [0.15, 0.2) is 29.3 Å². The van der Waals surface area contributed by atoms with Crippen LogP contribution in [0.25, 0.3) is 0 Å². The van der Waals surface area contributed by atoms with Crippen molar-refractivity contribution in [2.24, 2.45) is 4.99 Å². The third-order valence-electron chi connectivity index (χ3n) is 4.16. The number of nitrogens with zero attached hydrogens (tertiary/aromatic N) is 1. The van der Waals surface area contributed by atoms with Crippen LogP contribution in [0.3, 0.4) is 0 Å². The smallest absolute Gasteiger partial charge is 0.203 e. The molecule has 1 aromatic heterocycles. The van der Waals surface area contributed by atoms with Gasteiger partial charge < -0.3 is 30.0 Å². The number of benzene rings is 1. The molecule has 0 aliphatic rings. The van der Waals surface area contributed by atoms with E-state index in [0.29, 0.717) is 47.1 Å². The topological polar surface area (TPSA) is 84.3 Å². The number of ether oxygens (including phenoxy) is 3. The van der Waals surface area contributed by atoms with Gasteiger partial charge in [-0.15, -0.1) is 35.3 Å². The van der Waals surface area contributed by atoms with Crippen molar-refractivity contribution in [3.63, 3.8) is 0 Å². The number of aliphatic hydroxyl groups is 1. The fourth-order valence-corrected chi connectivity index (χ4v) is 3.83. The number of rotatable bonds is 10. The van der Waals surface area contributed by atoms with Gasteiger partial charge in [-0.05, 0) is 31.5 Å². The highest BCUT2D eigenvalue weighted by Crippen LogP contribution is 2.39. The normalized spacial score (nSPS) is 12.0. The number of hydrogen-bond acceptors (Lipinski definition) is 6. The summed E-state index contributed by atoms with van der Waals surface area (Å²) in [6, 6.07) is 7.40. The lowest BCUT2D eigenvalue weighted by Crippen LogP contribution is -2.38. The van der Waals surface area contributed by atoms with Gasteiger partial charge in [0.1, 0.15) is 6.10 Å². The van der Waals surface area contributed by atoms with Crippen LogP contribution in [0, 0.1) is 0 Å². The van der Waals surface area contributed by atoms with Crippen molar-refractivity contribution in [2.75, 3.05) is 41.0 Å². The maximum Gasteiger partial charge on any atom is 0.203 e. The van der Waals surface area contributed by atoms with E-state index in [1.807, 2.05) is 25.1 Å². The van der Waals surface area contributed by atoms with E-state index in [1.54, 1.807) is 27.4 Å². The quantitative estimate of drug-likeness (QED) is 0.229. The minimum Gasteiger partial charge on any atom is -0.493 e. The van der Waals surface area contributed by atoms with E-state index < -0.39 is 6.10 Å². The highest BCUT2D eigenvalue weighted by molar-refractivity contribution is 14.0. The Morgan fingerprint density at radius 2 is 1.83 bits per heavy atom. The van der Waals surface area contributed by atoms with Gasteiger partial charge in [0.15, 0.2) is 17.5 Å². The lowest BCUT2D eigenvalue weighted by molar-refractivity contribution is 0.191. The molecule has 168 valence electrons. The number of thiophene rings is 1. The number of aliphatic imine (C=N–C) groups is 1. The standard InChI is InChI=1S/C20H28ClN3O4S.HI/c1-5-22-20(24-12-14(25)16-8-9-17(21)29-16)23-11-10-13-6-7-15(26-2)19(28-4)18(13)27-3;/h6-9,14,25H,5,10-12H2,1-4H3,(H2,22,23,24);1H. The predicted octanol–water partition coefficient (Wildman–Crippen LogP) is 3.88. The van der Waals surface area contributed by atoms with E-state index in [9.17, 15) is 5.11 Å². The molecule has 3 N–H and O–H groups in total. The summed E-state index contributed by atoms with van der Waals surface area (Å²) in [5, 5.41) is 16.7. The molecule has 0 radical (unpaired) electrons. The second-order valence-electron chi connectivity index (χ2n) is 6.05. The Kier molecular flexibility index (Phi) is 12.2. The second-order valence-corrected chi connectivity index (χ2v) is 7.79. The zero-order valence-corrected chi connectivity index (χ0v) is 21.4. The Morgan fingerprint density at radius 1 is 1.10 bits per heavy atom. The van der Waals surface area contributed by atoms with Crippen LogP contribution >= 0.6 is 46.9 Å². The van der Waals surface area contributed by atoms with Crippen LogP contribution in [0.2, 0.25) is 4.34 Å². The van der Waals surface area contributed by atoms with Gasteiger partial charge in [0, 0.05) is 23.5 Å². The highest BCUT2D eigenvalue weighted by Gasteiger charge is 2.15. The van der Waals surface area contributed by atoms with Gasteiger partial charge in [-0.2, -0.15) is 0 Å². The van der Waals surface area contributed by atoms with Crippen molar-refractivity contribution in [2.45, 2.75) is 19.4 Å². The maximum atomic E-state index is 10.3. The van der Waals surface area contributed by atoms with Gasteiger partial charge >= 0.3 is 0 Å². The molecular weight excluding hydrogens is 541 g/mol. The molecule has 1 unspecified atom stereocenters. The molecule has 2 aromatic rings. The lowest BCUT2D eigenvalue weighted by Gasteiger charge is -2.17. The van der Waals surface area contributed by atoms with Gasteiger partial charge in [-0.3, -0.25) is 4.99 Å². The molecule has 0 aliphatic heterocycles. The van der Waals surface area contributed by atoms with E-state index in [0.717, 1.165) is 10.4 Å². The lowest BCUT2D eigenvalue weighted by atomic mass is 10.1. The zero-order valence-electron chi connectivity index (χ0n) is 17.5. The van der Waals surface area contributed by atoms with Crippen molar-refractivity contribution in [1.29, 1.82) is 0 Å². The van der Waals surface area contributed by atoms with Crippen molar-refractivity contribution < 1.29 is 19.3 Å². The third kappa shape index (κ3) is 7.36. The maximum absolute atomic E-state index is 10.3. The number of nitrogens with one attached hydrogen (secondary N) is 2. The van der Waals surface area contributed by atoms with Crippen LogP contribution < -0.4 is 24.8 Å². The van der Waals surface area contributed by atoms with E-state index >= 15 is 0 Å². The summed E-state index contributed by atoms with van der Waals surface area (Å²) in [7, 11) is 4.79. The van der Waals surface area contributed by atoms with E-state index in [1.165, 1.54) is 11.3 Å². The molecule has 0 saturated carbocycles. The van der Waals surface area contributed by atoms with Gasteiger partial charge in [0.25, 0.3) is 0 Å². The zero-order chi connectivity index (χ0) is 21.2. The Bertz CT molecular complexity index is 819. The van der Waals surface area contributed by atoms with Gasteiger partial charge in [-0.1, -0.05) is 17.7 Å². The van der Waals surface area contributed by atoms with Gasteiger partial charge in [0.05, 0.1) is 32.2 Å². The third-order valence-corrected chi connectivity index (χ3v) is 5.49. The summed E-state index contributed by atoms with van der Waals surface area (Å²) < 4.78 is 16.9. The largest absolute Gasteiger partial charge is 0.493 e. The Morgan fingerprint density at radius 3 is 2.40 bits per heavy atom. The van der Waals surface area contributed by atoms with Crippen LogP contribution in [-0.4, -0.2) is 52.0 Å². The number of hydrogen-bond donors (Lipinski definition) is 3. The molecule has 1 atom stereocenters. The van der Waals surface area contributed by atoms with E-state index in [4.69, 9.17) is 25.8 Å². The van der Waals surface area contributed by atoms with Crippen molar-refractivity contribution in [3.05, 3.63) is 39.0 Å². The summed E-state index contributed by atoms with van der Waals surface area (Å²) in [6.07, 6.45) is 0.00529.